The van der Waals surface area contributed by atoms with Crippen molar-refractivity contribution in [2.75, 3.05) is 13.0 Å². The molecule has 2 nitrogen and oxygen atoms in total. The molecule has 0 aliphatic heterocycles. The molecule has 0 spiro atoms. The van der Waals surface area contributed by atoms with Crippen LogP contribution < -0.4 is 11.4 Å². The van der Waals surface area contributed by atoms with E-state index in [-0.39, 0.29) is 0 Å². The van der Waals surface area contributed by atoms with Gasteiger partial charge < -0.3 is 11.4 Å². The van der Waals surface area contributed by atoms with E-state index < -0.39 is 43.6 Å². The molecule has 0 aliphatic rings. The Balaban J connectivity index is 6.32. The Morgan fingerprint density at radius 3 is 2.57 bits per heavy atom. The average molecular weight is 114 g/mol. The molecule has 0 aliphatic carbocycles. The minimum absolute atomic E-state index is 0.652. The minimum Gasteiger partial charge on any atom is -0.330 e. The maximum atomic E-state index is 7.50. The van der Waals surface area contributed by atoms with E-state index in [2.05, 4.69) is 0 Å². The predicted molar refractivity (Wildman–Crippen MR) is 31.9 cm³/mol. The van der Waals surface area contributed by atoms with Crippen LogP contribution in [0.4, 0.5) is 0 Å². The van der Waals surface area contributed by atoms with Gasteiger partial charge in [0.05, 0.1) is 0 Å². The van der Waals surface area contributed by atoms with Gasteiger partial charge in [-0.1, -0.05) is 13.8 Å². The van der Waals surface area contributed by atoms with Crippen molar-refractivity contribution < 1.29 is 16.6 Å². The van der Waals surface area contributed by atoms with Crippen LogP contribution in [0.25, 0.3) is 0 Å². The Labute approximate surface area is 62.0 Å². The van der Waals surface area contributed by atoms with E-state index in [4.69, 9.17) is 16.6 Å². The van der Waals surface area contributed by atoms with E-state index in [0.717, 1.165) is 0 Å². The van der Waals surface area contributed by atoms with Crippen molar-refractivity contribution in [3.05, 3.63) is 0 Å². The Morgan fingerprint density at radius 2 is 2.29 bits per heavy atom. The van der Waals surface area contributed by atoms with E-state index in [1.807, 2.05) is 0 Å². The molecule has 7 heavy (non-hydrogen) atoms. The Kier molecular flexibility index (Phi) is 0.246. The van der Waals surface area contributed by atoms with Crippen LogP contribution in [-0.2, 0) is 0 Å². The standard InChI is InChI=1S/C5H14N2/c1-5(2,3-6)4-7/h3-4,6-7H2,1-2H3/i1D2,2D2,3D2,4D2/hD4. The molecule has 0 amide bonds. The Bertz CT molecular complexity index is 270. The van der Waals surface area contributed by atoms with Crippen LogP contribution in [0.5, 0.6) is 0 Å². The first kappa shape index (κ1) is 0.755. The molecule has 0 aromatic heterocycles. The molecule has 0 fully saturated rings. The van der Waals surface area contributed by atoms with Crippen molar-refractivity contribution in [2.45, 2.75) is 13.8 Å². The molecule has 0 aromatic carbocycles. The zero-order valence-electron chi connectivity index (χ0n) is 15.5. The number of rotatable bonds is 4. The van der Waals surface area contributed by atoms with Crippen molar-refractivity contribution in [2.24, 2.45) is 16.9 Å². The summed E-state index contributed by atoms with van der Waals surface area (Å²) in [5.41, 5.74) is -4.53. The summed E-state index contributed by atoms with van der Waals surface area (Å²) in [5, 5.41) is 0. The minimum atomic E-state index is -3.42. The fourth-order valence-electron chi connectivity index (χ4n) is 0.0250. The van der Waals surface area contributed by atoms with E-state index >= 15 is 0 Å². The van der Waals surface area contributed by atoms with Gasteiger partial charge in [0, 0.05) is 11.0 Å². The first-order chi connectivity index (χ1) is 8.27. The molecular formula is C5H14N2. The molecule has 0 saturated carbocycles. The number of hydrogen-bond donors (Lipinski definition) is 2. The second-order valence-corrected chi connectivity index (χ2v) is 1.09. The summed E-state index contributed by atoms with van der Waals surface area (Å²) in [6, 6.07) is 0. The van der Waals surface area contributed by atoms with E-state index in [0.29, 0.717) is 0 Å². The molecular weight excluding hydrogens is 88.1 g/mol. The van der Waals surface area contributed by atoms with Crippen LogP contribution in [0.2, 0.25) is 5.65 Å². The van der Waals surface area contributed by atoms with Crippen molar-refractivity contribution in [1.82, 2.24) is 0 Å². The van der Waals surface area contributed by atoms with Gasteiger partial charge in [-0.2, -0.15) is 0 Å². The van der Waals surface area contributed by atoms with Gasteiger partial charge in [0.2, 0.25) is 0 Å². The van der Waals surface area contributed by atoms with Gasteiger partial charge in [-0.3, -0.25) is 0 Å². The van der Waals surface area contributed by atoms with Crippen LogP contribution in [-0.4, -0.2) is 13.0 Å². The summed E-state index contributed by atoms with van der Waals surface area (Å²) in [6.45, 7) is -11.8. The van der Waals surface area contributed by atoms with Gasteiger partial charge in [0.15, 0.2) is 0 Å². The molecule has 0 atom stereocenters. The second kappa shape index (κ2) is 2.28. The third kappa shape index (κ3) is 2.60. The highest BCUT2D eigenvalue weighted by atomic mass is 14.6. The predicted octanol–water partition coefficient (Wildman–Crippen LogP) is -0.0700. The lowest BCUT2D eigenvalue weighted by atomic mass is 9.95. The van der Waals surface area contributed by atoms with Crippen LogP contribution in [0.1, 0.15) is 24.7 Å². The average Bonchev–Trinajstić information content (AvgIpc) is 2.14. The zero-order chi connectivity index (χ0) is 15.8. The molecule has 0 aromatic rings. The summed E-state index contributed by atoms with van der Waals surface area (Å²) in [6.07, 6.45) is 0. The lowest BCUT2D eigenvalue weighted by molar-refractivity contribution is 0.393. The molecule has 0 saturated heterocycles. The van der Waals surface area contributed by atoms with E-state index in [1.165, 1.54) is 0 Å². The van der Waals surface area contributed by atoms with Crippen molar-refractivity contribution in [3.8, 4) is 0 Å². The summed E-state index contributed by atoms with van der Waals surface area (Å²) in [7, 11) is 0. The van der Waals surface area contributed by atoms with Gasteiger partial charge >= 0.3 is 0 Å². The third-order valence-corrected chi connectivity index (χ3v) is 0.370. The summed E-state index contributed by atoms with van der Waals surface area (Å²) in [4.78, 5) is 0. The van der Waals surface area contributed by atoms with Gasteiger partial charge in [0.1, 0.15) is 5.65 Å². The Morgan fingerprint density at radius 1 is 1.71 bits per heavy atom. The summed E-state index contributed by atoms with van der Waals surface area (Å²) >= 11 is 0. The molecule has 44 valence electrons. The van der Waals surface area contributed by atoms with E-state index in [9.17, 15) is 0 Å². The van der Waals surface area contributed by atoms with Gasteiger partial charge in [-0.15, -0.1) is 0 Å². The molecule has 0 rings (SSSR count). The normalized spacial score (nSPS) is 42.9. The van der Waals surface area contributed by atoms with Crippen LogP contribution in [0, 0.1) is 5.41 Å². The van der Waals surface area contributed by atoms with Crippen LogP contribution in [0.15, 0.2) is 0 Å². The fourth-order valence-corrected chi connectivity index (χ4v) is 0.0250. The highest BCUT2D eigenvalue weighted by Crippen LogP contribution is 2.07. The van der Waals surface area contributed by atoms with Crippen LogP contribution in [0.3, 0.4) is 0 Å². The molecule has 0 heterocycles. The van der Waals surface area contributed by atoms with Gasteiger partial charge in [-0.25, -0.2) is 0 Å². The number of hydrogen-bond acceptors (Lipinski definition) is 2. The van der Waals surface area contributed by atoms with Crippen molar-refractivity contribution in [1.29, 1.82) is 0 Å². The highest BCUT2D eigenvalue weighted by molar-refractivity contribution is 4.68. The zero-order valence-corrected chi connectivity index (χ0v) is 3.55. The van der Waals surface area contributed by atoms with Gasteiger partial charge in [-0.05, 0) is 18.4 Å². The highest BCUT2D eigenvalue weighted by Gasteiger charge is 2.10. The van der Waals surface area contributed by atoms with Crippen molar-refractivity contribution in [3.63, 3.8) is 0 Å². The second-order valence-electron chi connectivity index (χ2n) is 1.09. The van der Waals surface area contributed by atoms with E-state index in [1.54, 1.807) is 0 Å². The maximum Gasteiger partial charge on any atom is 0.118 e. The van der Waals surface area contributed by atoms with Crippen LogP contribution >= 0.6 is 0 Å². The largest absolute Gasteiger partial charge is 0.330 e. The third-order valence-electron chi connectivity index (χ3n) is 0.370. The molecule has 4 N–H and O–H groups in total. The van der Waals surface area contributed by atoms with Crippen molar-refractivity contribution >= 4 is 0 Å². The SMILES string of the molecule is [2H]C([2H])C(C([2H])[2H])(C([2H])([2H])N([2H])[2H])C([2H])([2H])N([2H])[2H]. The molecule has 2 heteroatoms. The molecule has 0 radical (unpaired) electrons. The fraction of sp³-hybridized carbons (Fsp3) is 1.00. The molecule has 0 bridgehead atoms. The summed E-state index contributed by atoms with van der Waals surface area (Å²) < 4.78 is 86.8. The first-order valence-corrected chi connectivity index (χ1v) is 1.52. The smallest absolute Gasteiger partial charge is 0.118 e. The lowest BCUT2D eigenvalue weighted by Gasteiger charge is -2.18. The first-order valence-electron chi connectivity index (χ1n) is 7.62. The Hall–Kier alpha value is -0.0800. The summed E-state index contributed by atoms with van der Waals surface area (Å²) in [5.74, 6) is 0. The molecule has 0 unspecified atom stereocenters. The quantitative estimate of drug-likeness (QED) is 0.537. The number of nitrogens with two attached hydrogens (primary N) is 2. The monoisotopic (exact) mass is 114 g/mol. The topological polar surface area (TPSA) is 52.0 Å². The lowest BCUT2D eigenvalue weighted by Crippen LogP contribution is -2.31. The van der Waals surface area contributed by atoms with Gasteiger partial charge in [0.25, 0.3) is 0 Å². The maximum absolute atomic E-state index is 7.50.